The van der Waals surface area contributed by atoms with Gasteiger partial charge in [-0.2, -0.15) is 21.9 Å². The molecule has 1 aromatic heterocycles. The number of aliphatic imine (C=N–C) groups is 1. The third kappa shape index (κ3) is 2.78. The number of carbonyl (C=O) groups is 1. The van der Waals surface area contributed by atoms with Gasteiger partial charge in [0.2, 0.25) is 0 Å². The van der Waals surface area contributed by atoms with Gasteiger partial charge in [0.05, 0.1) is 10.6 Å². The summed E-state index contributed by atoms with van der Waals surface area (Å²) in [5.74, 6) is 2.08. The summed E-state index contributed by atoms with van der Waals surface area (Å²) >= 11 is 3.43. The molecule has 0 radical (unpaired) electrons. The minimum absolute atomic E-state index is 0.133. The van der Waals surface area contributed by atoms with Crippen molar-refractivity contribution < 1.29 is 4.79 Å². The van der Waals surface area contributed by atoms with E-state index in [9.17, 15) is 4.79 Å². The Bertz CT molecular complexity index is 600. The topological polar surface area (TPSA) is 50.5 Å². The van der Waals surface area contributed by atoms with Crippen LogP contribution in [0.2, 0.25) is 0 Å². The number of rotatable bonds is 1. The van der Waals surface area contributed by atoms with Crippen molar-refractivity contribution in [2.45, 2.75) is 6.92 Å². The molecule has 0 atom stereocenters. The van der Waals surface area contributed by atoms with Crippen molar-refractivity contribution in [3.05, 3.63) is 22.4 Å². The molecular formula is C13H16N4OS2. The highest BCUT2D eigenvalue weighted by molar-refractivity contribution is 8.18. The Kier molecular flexibility index (Phi) is 3.89. The van der Waals surface area contributed by atoms with E-state index in [0.717, 1.165) is 41.0 Å². The average Bonchev–Trinajstić information content (AvgIpc) is 2.95. The van der Waals surface area contributed by atoms with Crippen LogP contribution in [0.3, 0.4) is 0 Å². The summed E-state index contributed by atoms with van der Waals surface area (Å²) in [6.45, 7) is 3.89. The predicted octanol–water partition coefficient (Wildman–Crippen LogP) is 1.75. The molecule has 0 aliphatic carbocycles. The van der Waals surface area contributed by atoms with Crippen molar-refractivity contribution >= 4 is 40.7 Å². The van der Waals surface area contributed by atoms with E-state index in [1.54, 1.807) is 4.68 Å². The Morgan fingerprint density at radius 2 is 2.10 bits per heavy atom. The summed E-state index contributed by atoms with van der Waals surface area (Å²) in [5, 5.41) is 5.14. The molecule has 2 aliphatic rings. The first-order valence-corrected chi connectivity index (χ1v) is 8.46. The number of thioether (sulfide) groups is 2. The van der Waals surface area contributed by atoms with Crippen molar-refractivity contribution in [1.29, 1.82) is 0 Å². The lowest BCUT2D eigenvalue weighted by molar-refractivity contribution is -0.113. The van der Waals surface area contributed by atoms with E-state index in [-0.39, 0.29) is 5.91 Å². The maximum Gasteiger partial charge on any atom is 0.286 e. The summed E-state index contributed by atoms with van der Waals surface area (Å²) in [6.07, 6.45) is 3.82. The minimum atomic E-state index is -0.133. The fourth-order valence-corrected chi connectivity index (χ4v) is 4.05. The molecule has 0 aromatic carbocycles. The number of aromatic nitrogens is 2. The monoisotopic (exact) mass is 308 g/mol. The first kappa shape index (κ1) is 13.8. The fraction of sp³-hybridized carbons (Fsp3) is 0.462. The average molecular weight is 308 g/mol. The Morgan fingerprint density at radius 1 is 1.35 bits per heavy atom. The summed E-state index contributed by atoms with van der Waals surface area (Å²) in [5.41, 5.74) is 1.91. The van der Waals surface area contributed by atoms with Crippen LogP contribution in [0.4, 0.5) is 0 Å². The molecule has 5 nitrogen and oxygen atoms in total. The Balaban J connectivity index is 1.77. The summed E-state index contributed by atoms with van der Waals surface area (Å²) < 4.78 is 1.76. The molecule has 1 aromatic rings. The van der Waals surface area contributed by atoms with Crippen molar-refractivity contribution in [2.75, 3.05) is 24.6 Å². The van der Waals surface area contributed by atoms with Crippen LogP contribution in [0.5, 0.6) is 0 Å². The van der Waals surface area contributed by atoms with Crippen LogP contribution >= 0.6 is 23.5 Å². The van der Waals surface area contributed by atoms with Gasteiger partial charge in [-0.25, -0.2) is 0 Å². The molecule has 7 heteroatoms. The molecule has 1 amide bonds. The van der Waals surface area contributed by atoms with Gasteiger partial charge in [0.25, 0.3) is 5.91 Å². The Morgan fingerprint density at radius 3 is 2.75 bits per heavy atom. The molecule has 106 valence electrons. The summed E-state index contributed by atoms with van der Waals surface area (Å²) in [6, 6.07) is 0. The zero-order valence-corrected chi connectivity index (χ0v) is 13.1. The molecule has 1 saturated heterocycles. The van der Waals surface area contributed by atoms with E-state index in [1.807, 2.05) is 38.0 Å². The van der Waals surface area contributed by atoms with Gasteiger partial charge in [-0.15, -0.1) is 0 Å². The van der Waals surface area contributed by atoms with Crippen molar-refractivity contribution in [3.8, 4) is 0 Å². The normalized spacial score (nSPS) is 21.7. The second kappa shape index (κ2) is 5.65. The third-order valence-corrected chi connectivity index (χ3v) is 5.22. The van der Waals surface area contributed by atoms with Crippen LogP contribution in [0.25, 0.3) is 6.08 Å². The van der Waals surface area contributed by atoms with E-state index in [2.05, 4.69) is 15.0 Å². The smallest absolute Gasteiger partial charge is 0.286 e. The van der Waals surface area contributed by atoms with Gasteiger partial charge >= 0.3 is 0 Å². The first-order valence-electron chi connectivity index (χ1n) is 6.49. The van der Waals surface area contributed by atoms with E-state index < -0.39 is 0 Å². The highest BCUT2D eigenvalue weighted by atomic mass is 32.2. The van der Waals surface area contributed by atoms with Gasteiger partial charge in [-0.05, 0) is 24.8 Å². The van der Waals surface area contributed by atoms with Gasteiger partial charge in [0, 0.05) is 43.4 Å². The summed E-state index contributed by atoms with van der Waals surface area (Å²) in [7, 11) is 1.88. The first-order chi connectivity index (χ1) is 9.63. The highest BCUT2D eigenvalue weighted by Crippen LogP contribution is 2.31. The van der Waals surface area contributed by atoms with Crippen LogP contribution < -0.4 is 0 Å². The van der Waals surface area contributed by atoms with Gasteiger partial charge < -0.3 is 4.90 Å². The highest BCUT2D eigenvalue weighted by Gasteiger charge is 2.27. The molecule has 0 bridgehead atoms. The number of amidine groups is 1. The van der Waals surface area contributed by atoms with E-state index >= 15 is 0 Å². The number of hydrogen-bond acceptors (Lipinski definition) is 5. The lowest BCUT2D eigenvalue weighted by atomic mass is 10.2. The Hall–Kier alpha value is -1.21. The lowest BCUT2D eigenvalue weighted by Crippen LogP contribution is -2.35. The van der Waals surface area contributed by atoms with E-state index in [0.29, 0.717) is 4.91 Å². The number of aryl methyl sites for hydroxylation is 2. The van der Waals surface area contributed by atoms with Gasteiger partial charge in [0.15, 0.2) is 5.17 Å². The molecular weight excluding hydrogens is 292 g/mol. The van der Waals surface area contributed by atoms with Crippen molar-refractivity contribution in [3.63, 3.8) is 0 Å². The maximum absolute atomic E-state index is 12.0. The Labute approximate surface area is 126 Å². The number of amides is 1. The van der Waals surface area contributed by atoms with E-state index in [4.69, 9.17) is 0 Å². The fourth-order valence-electron chi connectivity index (χ4n) is 2.19. The van der Waals surface area contributed by atoms with Crippen molar-refractivity contribution in [1.82, 2.24) is 14.7 Å². The second-order valence-corrected chi connectivity index (χ2v) is 6.99. The third-order valence-electron chi connectivity index (χ3n) is 3.23. The zero-order chi connectivity index (χ0) is 14.1. The quantitative estimate of drug-likeness (QED) is 0.740. The molecule has 0 unspecified atom stereocenters. The van der Waals surface area contributed by atoms with Gasteiger partial charge in [-0.3, -0.25) is 9.48 Å². The summed E-state index contributed by atoms with van der Waals surface area (Å²) in [4.78, 5) is 19.1. The van der Waals surface area contributed by atoms with Crippen LogP contribution in [-0.4, -0.2) is 50.4 Å². The molecule has 1 fully saturated rings. The molecule has 3 heterocycles. The maximum atomic E-state index is 12.0. The number of carbonyl (C=O) groups excluding carboxylic acids is 1. The van der Waals surface area contributed by atoms with Gasteiger partial charge in [0.1, 0.15) is 0 Å². The van der Waals surface area contributed by atoms with Crippen molar-refractivity contribution in [2.24, 2.45) is 12.0 Å². The lowest BCUT2D eigenvalue weighted by Gasteiger charge is -2.26. The van der Waals surface area contributed by atoms with E-state index in [1.165, 1.54) is 11.8 Å². The molecule has 20 heavy (non-hydrogen) atoms. The second-order valence-electron chi connectivity index (χ2n) is 4.75. The molecule has 0 saturated carbocycles. The van der Waals surface area contributed by atoms with Crippen LogP contribution in [0.1, 0.15) is 11.3 Å². The molecule has 2 aliphatic heterocycles. The number of hydrogen-bond donors (Lipinski definition) is 0. The predicted molar refractivity (Wildman–Crippen MR) is 84.9 cm³/mol. The number of nitrogens with zero attached hydrogens (tertiary/aromatic N) is 4. The SMILES string of the molecule is Cc1nn(C)cc1/C=C1\SC(N2CCSCC2)=NC1=O. The van der Waals surface area contributed by atoms with Crippen LogP contribution in [0.15, 0.2) is 16.1 Å². The van der Waals surface area contributed by atoms with Gasteiger partial charge in [-0.1, -0.05) is 0 Å². The molecule has 0 N–H and O–H groups in total. The standard InChI is InChI=1S/C13H16N4OS2/c1-9-10(8-16(2)15-9)7-11-12(18)14-13(20-11)17-3-5-19-6-4-17/h7-8H,3-6H2,1-2H3/b11-7-. The zero-order valence-electron chi connectivity index (χ0n) is 11.5. The molecule has 3 rings (SSSR count). The van der Waals surface area contributed by atoms with Crippen LogP contribution in [-0.2, 0) is 11.8 Å². The van der Waals surface area contributed by atoms with Crippen LogP contribution in [0, 0.1) is 6.92 Å². The molecule has 0 spiro atoms. The minimum Gasteiger partial charge on any atom is -0.349 e. The largest absolute Gasteiger partial charge is 0.349 e.